The van der Waals surface area contributed by atoms with Crippen molar-refractivity contribution >= 4 is 17.5 Å². The van der Waals surface area contributed by atoms with Crippen molar-refractivity contribution in [3.8, 4) is 22.8 Å². The molecule has 1 atom stereocenters. The van der Waals surface area contributed by atoms with Crippen LogP contribution in [0, 0.1) is 0 Å². The monoisotopic (exact) mass is 381 g/mol. The standard InChI is InChI=1S/C20H23N5O3/c1-13(12-26)22-20-24-18(14-5-4-6-21-11-14)10-19(25-20)23-15-7-16(27-2)9-17(8-15)28-3/h4-11,13,26H,12H2,1-3H3,(H2,22,23,24,25)/t13-/m0/s1. The van der Waals surface area contributed by atoms with Gasteiger partial charge >= 0.3 is 0 Å². The number of aliphatic hydroxyl groups excluding tert-OH is 1. The van der Waals surface area contributed by atoms with E-state index in [0.717, 1.165) is 11.3 Å². The van der Waals surface area contributed by atoms with Crippen LogP contribution in [0.3, 0.4) is 0 Å². The predicted octanol–water partition coefficient (Wildman–Crippen LogP) is 3.09. The molecule has 0 fully saturated rings. The first-order valence-corrected chi connectivity index (χ1v) is 8.78. The molecule has 0 saturated carbocycles. The van der Waals surface area contributed by atoms with E-state index in [-0.39, 0.29) is 12.6 Å². The number of methoxy groups -OCH3 is 2. The Morgan fingerprint density at radius 2 is 1.82 bits per heavy atom. The normalized spacial score (nSPS) is 11.6. The second-order valence-corrected chi connectivity index (χ2v) is 6.16. The van der Waals surface area contributed by atoms with Crippen molar-refractivity contribution in [2.45, 2.75) is 13.0 Å². The smallest absolute Gasteiger partial charge is 0.225 e. The van der Waals surface area contributed by atoms with Gasteiger partial charge in [-0.1, -0.05) is 0 Å². The zero-order chi connectivity index (χ0) is 19.9. The molecule has 8 nitrogen and oxygen atoms in total. The van der Waals surface area contributed by atoms with Crippen molar-refractivity contribution in [1.82, 2.24) is 15.0 Å². The lowest BCUT2D eigenvalue weighted by molar-refractivity contribution is 0.281. The molecule has 28 heavy (non-hydrogen) atoms. The Labute approximate surface area is 163 Å². The molecule has 1 aromatic carbocycles. The molecule has 146 valence electrons. The van der Waals surface area contributed by atoms with Gasteiger partial charge in [0.05, 0.1) is 26.5 Å². The number of pyridine rings is 1. The molecule has 3 aromatic rings. The number of aromatic nitrogens is 3. The second kappa shape index (κ2) is 9.01. The van der Waals surface area contributed by atoms with Crippen LogP contribution in [0.25, 0.3) is 11.3 Å². The fraction of sp³-hybridized carbons (Fsp3) is 0.250. The molecule has 0 amide bonds. The van der Waals surface area contributed by atoms with Crippen molar-refractivity contribution < 1.29 is 14.6 Å². The van der Waals surface area contributed by atoms with Crippen molar-refractivity contribution in [2.24, 2.45) is 0 Å². The minimum atomic E-state index is -0.186. The number of ether oxygens (including phenoxy) is 2. The first-order valence-electron chi connectivity index (χ1n) is 8.78. The van der Waals surface area contributed by atoms with Crippen molar-refractivity contribution in [3.63, 3.8) is 0 Å². The highest BCUT2D eigenvalue weighted by Crippen LogP contribution is 2.29. The fourth-order valence-electron chi connectivity index (χ4n) is 2.53. The molecular weight excluding hydrogens is 358 g/mol. The topological polar surface area (TPSA) is 101 Å². The maximum atomic E-state index is 9.33. The first kappa shape index (κ1) is 19.4. The van der Waals surface area contributed by atoms with E-state index >= 15 is 0 Å². The zero-order valence-corrected chi connectivity index (χ0v) is 16.0. The molecule has 0 aliphatic heterocycles. The molecule has 0 spiro atoms. The molecule has 0 radical (unpaired) electrons. The van der Waals surface area contributed by atoms with Gasteiger partial charge in [0.1, 0.15) is 17.3 Å². The van der Waals surface area contributed by atoms with Crippen LogP contribution in [-0.2, 0) is 0 Å². The maximum absolute atomic E-state index is 9.33. The van der Waals surface area contributed by atoms with Crippen molar-refractivity contribution in [3.05, 3.63) is 48.8 Å². The third-order valence-electron chi connectivity index (χ3n) is 3.96. The summed E-state index contributed by atoms with van der Waals surface area (Å²) in [6.07, 6.45) is 3.44. The van der Waals surface area contributed by atoms with Gasteiger partial charge in [0, 0.05) is 54.0 Å². The molecule has 0 saturated heterocycles. The Kier molecular flexibility index (Phi) is 6.23. The lowest BCUT2D eigenvalue weighted by Crippen LogP contribution is -2.21. The number of aliphatic hydroxyl groups is 1. The number of hydrogen-bond donors (Lipinski definition) is 3. The number of rotatable bonds is 8. The van der Waals surface area contributed by atoms with Gasteiger partial charge in [-0.15, -0.1) is 0 Å². The van der Waals surface area contributed by atoms with Gasteiger partial charge in [0.25, 0.3) is 0 Å². The molecule has 0 aliphatic rings. The highest BCUT2D eigenvalue weighted by molar-refractivity contribution is 5.68. The van der Waals surface area contributed by atoms with Crippen LogP contribution in [0.1, 0.15) is 6.92 Å². The van der Waals surface area contributed by atoms with Gasteiger partial charge in [0.2, 0.25) is 5.95 Å². The molecule has 0 aliphatic carbocycles. The number of anilines is 3. The van der Waals surface area contributed by atoms with Gasteiger partial charge in [0.15, 0.2) is 0 Å². The zero-order valence-electron chi connectivity index (χ0n) is 16.0. The molecule has 0 unspecified atom stereocenters. The highest BCUT2D eigenvalue weighted by Gasteiger charge is 2.11. The van der Waals surface area contributed by atoms with Crippen LogP contribution in [0.5, 0.6) is 11.5 Å². The summed E-state index contributed by atoms with van der Waals surface area (Å²) < 4.78 is 10.6. The lowest BCUT2D eigenvalue weighted by Gasteiger charge is -2.15. The Bertz CT molecular complexity index is 899. The van der Waals surface area contributed by atoms with Crippen LogP contribution in [0.2, 0.25) is 0 Å². The summed E-state index contributed by atoms with van der Waals surface area (Å²) in [5.41, 5.74) is 2.32. The highest BCUT2D eigenvalue weighted by atomic mass is 16.5. The van der Waals surface area contributed by atoms with Crippen LogP contribution >= 0.6 is 0 Å². The summed E-state index contributed by atoms with van der Waals surface area (Å²) in [7, 11) is 3.20. The molecule has 0 bridgehead atoms. The minimum absolute atomic E-state index is 0.0314. The van der Waals surface area contributed by atoms with E-state index in [2.05, 4.69) is 25.6 Å². The van der Waals surface area contributed by atoms with E-state index < -0.39 is 0 Å². The SMILES string of the molecule is COc1cc(Nc2cc(-c3cccnc3)nc(N[C@@H](C)CO)n2)cc(OC)c1. The summed E-state index contributed by atoms with van der Waals surface area (Å²) in [5.74, 6) is 2.31. The Balaban J connectivity index is 1.98. The molecule has 2 heterocycles. The van der Waals surface area contributed by atoms with Crippen LogP contribution in [0.4, 0.5) is 17.5 Å². The van der Waals surface area contributed by atoms with E-state index in [1.807, 2.05) is 37.3 Å². The van der Waals surface area contributed by atoms with E-state index in [4.69, 9.17) is 9.47 Å². The van der Waals surface area contributed by atoms with E-state index in [9.17, 15) is 5.11 Å². The quantitative estimate of drug-likeness (QED) is 0.547. The summed E-state index contributed by atoms with van der Waals surface area (Å²) >= 11 is 0. The maximum Gasteiger partial charge on any atom is 0.225 e. The Morgan fingerprint density at radius 1 is 1.07 bits per heavy atom. The van der Waals surface area contributed by atoms with Gasteiger partial charge in [-0.2, -0.15) is 4.98 Å². The van der Waals surface area contributed by atoms with Crippen LogP contribution in [0.15, 0.2) is 48.8 Å². The second-order valence-electron chi connectivity index (χ2n) is 6.16. The van der Waals surface area contributed by atoms with Crippen molar-refractivity contribution in [2.75, 3.05) is 31.5 Å². The minimum Gasteiger partial charge on any atom is -0.497 e. The summed E-state index contributed by atoms with van der Waals surface area (Å²) in [6, 6.07) is 10.9. The van der Waals surface area contributed by atoms with Gasteiger partial charge in [-0.05, 0) is 19.1 Å². The fourth-order valence-corrected chi connectivity index (χ4v) is 2.53. The third-order valence-corrected chi connectivity index (χ3v) is 3.96. The van der Waals surface area contributed by atoms with Gasteiger partial charge < -0.3 is 25.2 Å². The summed E-state index contributed by atoms with van der Waals surface area (Å²) in [6.45, 7) is 1.82. The molecule has 8 heteroatoms. The van der Waals surface area contributed by atoms with Gasteiger partial charge in [-0.3, -0.25) is 4.98 Å². The average Bonchev–Trinajstić information content (AvgIpc) is 2.73. The average molecular weight is 381 g/mol. The number of benzene rings is 1. The Morgan fingerprint density at radius 3 is 2.43 bits per heavy atom. The van der Waals surface area contributed by atoms with E-state index in [1.165, 1.54) is 0 Å². The van der Waals surface area contributed by atoms with Crippen LogP contribution < -0.4 is 20.1 Å². The number of nitrogens with zero attached hydrogens (tertiary/aromatic N) is 3. The van der Waals surface area contributed by atoms with E-state index in [0.29, 0.717) is 29.0 Å². The van der Waals surface area contributed by atoms with E-state index in [1.54, 1.807) is 32.7 Å². The van der Waals surface area contributed by atoms with Gasteiger partial charge in [-0.25, -0.2) is 4.98 Å². The Hall–Kier alpha value is -3.39. The third kappa shape index (κ3) is 4.86. The summed E-state index contributed by atoms with van der Waals surface area (Å²) in [4.78, 5) is 13.2. The molecule has 3 N–H and O–H groups in total. The number of nitrogens with one attached hydrogen (secondary N) is 2. The van der Waals surface area contributed by atoms with Crippen LogP contribution in [-0.4, -0.2) is 46.9 Å². The molecule has 3 rings (SSSR count). The predicted molar refractivity (Wildman–Crippen MR) is 108 cm³/mol. The van der Waals surface area contributed by atoms with Crippen molar-refractivity contribution in [1.29, 1.82) is 0 Å². The molecule has 2 aromatic heterocycles. The molecular formula is C20H23N5O3. The number of hydrogen-bond acceptors (Lipinski definition) is 8. The first-order chi connectivity index (χ1) is 13.6. The largest absolute Gasteiger partial charge is 0.497 e. The summed E-state index contributed by atoms with van der Waals surface area (Å²) in [5, 5.41) is 15.7. The lowest BCUT2D eigenvalue weighted by atomic mass is 10.2.